The first kappa shape index (κ1) is 38.5. The van der Waals surface area contributed by atoms with Gasteiger partial charge >= 0.3 is 5.69 Å². The van der Waals surface area contributed by atoms with Crippen molar-refractivity contribution >= 4 is 18.7 Å². The van der Waals surface area contributed by atoms with E-state index in [-0.39, 0.29) is 18.3 Å². The molecule has 292 valence electrons. The van der Waals surface area contributed by atoms with Crippen LogP contribution in [0.4, 0.5) is 0 Å². The molecule has 6 aromatic rings. The SMILES string of the molecule is COc1ccc(C(N[C@H]2[C@H]3OC[C@]2(CO[Si](c2ccccc2)(c2ccccc2)C(C)(C)C)O[C@H]3n2cc(C)c(=O)[nH]c2=O)(c2ccccc2)c2ccccc2)cc1. The maximum atomic E-state index is 13.6. The quantitative estimate of drug-likeness (QED) is 0.115. The first-order valence-electron chi connectivity index (χ1n) is 19.4. The predicted molar refractivity (Wildman–Crippen MR) is 225 cm³/mol. The highest BCUT2D eigenvalue weighted by atomic mass is 28.4. The molecule has 2 aliphatic heterocycles. The average molecular weight is 780 g/mol. The Morgan fingerprint density at radius 1 is 0.772 bits per heavy atom. The summed E-state index contributed by atoms with van der Waals surface area (Å²) < 4.78 is 28.7. The van der Waals surface area contributed by atoms with Gasteiger partial charge in [-0.05, 0) is 51.2 Å². The van der Waals surface area contributed by atoms with Crippen molar-refractivity contribution in [2.45, 2.75) is 62.2 Å². The number of H-pyrrole nitrogens is 1. The van der Waals surface area contributed by atoms with Gasteiger partial charge in [-0.3, -0.25) is 19.7 Å². The summed E-state index contributed by atoms with van der Waals surface area (Å²) in [6, 6.07) is 49.3. The topological polar surface area (TPSA) is 104 Å². The van der Waals surface area contributed by atoms with Crippen molar-refractivity contribution in [3.63, 3.8) is 0 Å². The molecule has 2 N–H and O–H groups in total. The number of aromatic amines is 1. The van der Waals surface area contributed by atoms with Crippen LogP contribution >= 0.6 is 0 Å². The zero-order chi connectivity index (χ0) is 39.8. The Kier molecular flexibility index (Phi) is 10.3. The van der Waals surface area contributed by atoms with Crippen molar-refractivity contribution in [1.29, 1.82) is 0 Å². The van der Waals surface area contributed by atoms with Crippen molar-refractivity contribution in [2.75, 3.05) is 20.3 Å². The second-order valence-electron chi connectivity index (χ2n) is 16.1. The van der Waals surface area contributed by atoms with E-state index in [4.69, 9.17) is 18.6 Å². The van der Waals surface area contributed by atoms with Gasteiger partial charge in [-0.15, -0.1) is 0 Å². The molecule has 0 radical (unpaired) electrons. The van der Waals surface area contributed by atoms with Crippen LogP contribution in [0, 0.1) is 6.92 Å². The van der Waals surface area contributed by atoms with Gasteiger partial charge in [-0.25, -0.2) is 4.79 Å². The van der Waals surface area contributed by atoms with Crippen LogP contribution in [0.15, 0.2) is 161 Å². The normalized spacial score (nSPS) is 20.8. The van der Waals surface area contributed by atoms with E-state index in [1.807, 2.05) is 60.7 Å². The lowest BCUT2D eigenvalue weighted by Gasteiger charge is -2.46. The van der Waals surface area contributed by atoms with Gasteiger partial charge in [0, 0.05) is 11.8 Å². The number of aromatic nitrogens is 2. The standard InChI is InChI=1S/C47H49N3O6Si/c1-33-30-50(44(52)48-42(33)51)43-40-41(49-47(34-18-10-6-11-19-34,35-20-12-7-13-21-35)36-26-28-37(53-5)29-27-36)46(56-43,31-54-40)32-55-57(45(2,3)4,38-22-14-8-15-23-38)39-24-16-9-17-25-39/h6-30,40-41,43,49H,31-32H2,1-5H3,(H,48,51,52)/t40-,41+,43-,46-/m1/s1. The van der Waals surface area contributed by atoms with Gasteiger partial charge in [0.2, 0.25) is 0 Å². The van der Waals surface area contributed by atoms with E-state index < -0.39 is 49.1 Å². The first-order chi connectivity index (χ1) is 27.5. The monoisotopic (exact) mass is 779 g/mol. The molecule has 8 rings (SSSR count). The van der Waals surface area contributed by atoms with E-state index in [1.54, 1.807) is 20.2 Å². The van der Waals surface area contributed by atoms with Crippen LogP contribution in [0.1, 0.15) is 49.3 Å². The van der Waals surface area contributed by atoms with Crippen LogP contribution in [-0.2, 0) is 19.4 Å². The fourth-order valence-corrected chi connectivity index (χ4v) is 13.6. The summed E-state index contributed by atoms with van der Waals surface area (Å²) in [7, 11) is -1.41. The number of hydrogen-bond acceptors (Lipinski definition) is 7. The van der Waals surface area contributed by atoms with E-state index >= 15 is 0 Å². The number of fused-ring (bicyclic) bond motifs is 2. The van der Waals surface area contributed by atoms with Crippen molar-refractivity contribution < 1.29 is 18.6 Å². The molecule has 57 heavy (non-hydrogen) atoms. The Morgan fingerprint density at radius 3 is 1.79 bits per heavy atom. The summed E-state index contributed by atoms with van der Waals surface area (Å²) in [6.45, 7) is 8.80. The number of hydrogen-bond donors (Lipinski definition) is 2. The molecular formula is C47H49N3O6Si. The Balaban J connectivity index is 1.33. The minimum absolute atomic E-state index is 0.157. The number of benzene rings is 5. The molecule has 3 heterocycles. The molecule has 2 bridgehead atoms. The van der Waals surface area contributed by atoms with Crippen molar-refractivity contribution in [3.05, 3.63) is 195 Å². The molecule has 2 aliphatic rings. The van der Waals surface area contributed by atoms with E-state index in [2.05, 4.69) is 116 Å². The lowest BCUT2D eigenvalue weighted by atomic mass is 9.75. The molecular weight excluding hydrogens is 731 g/mol. The highest BCUT2D eigenvalue weighted by Gasteiger charge is 2.65. The fourth-order valence-electron chi connectivity index (χ4n) is 8.95. The minimum Gasteiger partial charge on any atom is -0.497 e. The molecule has 5 aromatic carbocycles. The van der Waals surface area contributed by atoms with Crippen molar-refractivity contribution in [3.8, 4) is 5.75 Å². The lowest BCUT2D eigenvalue weighted by molar-refractivity contribution is -0.183. The molecule has 2 fully saturated rings. The Hall–Kier alpha value is -5.36. The van der Waals surface area contributed by atoms with Crippen LogP contribution in [0.3, 0.4) is 0 Å². The minimum atomic E-state index is -3.07. The third-order valence-corrected chi connectivity index (χ3v) is 16.7. The molecule has 4 atom stereocenters. The molecule has 0 unspecified atom stereocenters. The third-order valence-electron chi connectivity index (χ3n) is 11.7. The second kappa shape index (κ2) is 15.2. The van der Waals surface area contributed by atoms with Crippen LogP contribution in [0.5, 0.6) is 5.75 Å². The summed E-state index contributed by atoms with van der Waals surface area (Å²) in [5.41, 5.74) is 0.347. The molecule has 0 aliphatic carbocycles. The van der Waals surface area contributed by atoms with E-state index in [0.717, 1.165) is 32.8 Å². The van der Waals surface area contributed by atoms with Gasteiger partial charge in [-0.2, -0.15) is 0 Å². The van der Waals surface area contributed by atoms with Gasteiger partial charge in [-0.1, -0.05) is 154 Å². The molecule has 2 saturated heterocycles. The molecule has 10 heteroatoms. The molecule has 0 spiro atoms. The zero-order valence-electron chi connectivity index (χ0n) is 33.0. The third kappa shape index (κ3) is 6.61. The number of nitrogens with one attached hydrogen (secondary N) is 2. The van der Waals surface area contributed by atoms with E-state index in [9.17, 15) is 9.59 Å². The van der Waals surface area contributed by atoms with Gasteiger partial charge in [0.1, 0.15) is 17.5 Å². The Labute approximate surface area is 334 Å². The Bertz CT molecular complexity index is 2340. The van der Waals surface area contributed by atoms with Crippen molar-refractivity contribution in [2.24, 2.45) is 0 Å². The van der Waals surface area contributed by atoms with Crippen LogP contribution in [0.2, 0.25) is 5.04 Å². The summed E-state index contributed by atoms with van der Waals surface area (Å²) >= 11 is 0. The largest absolute Gasteiger partial charge is 0.497 e. The smallest absolute Gasteiger partial charge is 0.330 e. The summed E-state index contributed by atoms with van der Waals surface area (Å²) in [5, 5.41) is 6.15. The molecule has 0 saturated carbocycles. The fraction of sp³-hybridized carbons (Fsp3) is 0.277. The second-order valence-corrected chi connectivity index (χ2v) is 20.4. The van der Waals surface area contributed by atoms with Crippen LogP contribution < -0.4 is 31.7 Å². The van der Waals surface area contributed by atoms with Crippen LogP contribution in [-0.4, -0.2) is 55.9 Å². The predicted octanol–water partition coefficient (Wildman–Crippen LogP) is 6.05. The van der Waals surface area contributed by atoms with Gasteiger partial charge in [0.25, 0.3) is 13.9 Å². The van der Waals surface area contributed by atoms with Gasteiger partial charge in [0.05, 0.1) is 31.9 Å². The highest BCUT2D eigenvalue weighted by Crippen LogP contribution is 2.49. The molecule has 0 amide bonds. The number of ether oxygens (including phenoxy) is 3. The first-order valence-corrected chi connectivity index (χ1v) is 21.3. The van der Waals surface area contributed by atoms with Gasteiger partial charge in [0.15, 0.2) is 6.23 Å². The molecule has 1 aromatic heterocycles. The zero-order valence-corrected chi connectivity index (χ0v) is 34.0. The van der Waals surface area contributed by atoms with Crippen molar-refractivity contribution in [1.82, 2.24) is 14.9 Å². The Morgan fingerprint density at radius 2 is 1.28 bits per heavy atom. The lowest BCUT2D eigenvalue weighted by Crippen LogP contribution is -2.69. The number of aryl methyl sites for hydroxylation is 1. The van der Waals surface area contributed by atoms with Gasteiger partial charge < -0.3 is 18.6 Å². The molecule has 9 nitrogen and oxygen atoms in total. The highest BCUT2D eigenvalue weighted by molar-refractivity contribution is 6.99. The summed E-state index contributed by atoms with van der Waals surface area (Å²) in [6.07, 6.45) is 0.0392. The maximum absolute atomic E-state index is 13.6. The summed E-state index contributed by atoms with van der Waals surface area (Å²) in [4.78, 5) is 28.7. The number of methoxy groups -OCH3 is 1. The maximum Gasteiger partial charge on any atom is 0.330 e. The van der Waals surface area contributed by atoms with E-state index in [0.29, 0.717) is 5.56 Å². The number of nitrogens with zero attached hydrogens (tertiary/aromatic N) is 1. The van der Waals surface area contributed by atoms with Crippen LogP contribution in [0.25, 0.3) is 0 Å². The summed E-state index contributed by atoms with van der Waals surface area (Å²) in [5.74, 6) is 0.740. The van der Waals surface area contributed by atoms with E-state index in [1.165, 1.54) is 4.57 Å². The number of rotatable bonds is 12. The average Bonchev–Trinajstić information content (AvgIpc) is 3.73.